The first-order valence-electron chi connectivity index (χ1n) is 9.14. The smallest absolute Gasteiger partial charge is 0.213 e. The number of ether oxygens (including phenoxy) is 2. The van der Waals surface area contributed by atoms with Crippen molar-refractivity contribution in [2.24, 2.45) is 11.8 Å². The number of rotatable bonds is 4. The van der Waals surface area contributed by atoms with Crippen LogP contribution in [0.25, 0.3) is 11.1 Å². The van der Waals surface area contributed by atoms with E-state index in [2.05, 4.69) is 0 Å². The maximum atomic E-state index is 13.7. The number of aliphatic hydroxyl groups is 4. The molecule has 1 saturated carbocycles. The summed E-state index contributed by atoms with van der Waals surface area (Å²) < 4.78 is 24.9. The van der Waals surface area contributed by atoms with Crippen LogP contribution in [-0.4, -0.2) is 51.3 Å². The van der Waals surface area contributed by atoms with Crippen molar-refractivity contribution in [1.29, 1.82) is 5.26 Å². The molecule has 29 heavy (non-hydrogen) atoms. The summed E-state index contributed by atoms with van der Waals surface area (Å²) in [5.74, 6) is -3.86. The quantitative estimate of drug-likeness (QED) is 0.604. The van der Waals surface area contributed by atoms with Crippen molar-refractivity contribution < 1.29 is 34.3 Å². The lowest BCUT2D eigenvalue weighted by atomic mass is 9.89. The molecule has 0 bridgehead atoms. The summed E-state index contributed by atoms with van der Waals surface area (Å²) in [6.45, 7) is 1.23. The second kappa shape index (κ2) is 7.06. The minimum Gasteiger partial charge on any atom is -0.464 e. The van der Waals surface area contributed by atoms with Gasteiger partial charge in [0.15, 0.2) is 5.79 Å². The Kier molecular flexibility index (Phi) is 4.81. The number of hydrogen-bond donors (Lipinski definition) is 4. The van der Waals surface area contributed by atoms with Crippen molar-refractivity contribution in [2.75, 3.05) is 6.61 Å². The molecule has 2 aliphatic rings. The van der Waals surface area contributed by atoms with Crippen molar-refractivity contribution >= 4 is 0 Å². The predicted octanol–water partition coefficient (Wildman–Crippen LogP) is 1.06. The molecular formula is C21H20FNO6. The van der Waals surface area contributed by atoms with Gasteiger partial charge in [-0.15, -0.1) is 0 Å². The van der Waals surface area contributed by atoms with E-state index in [1.54, 1.807) is 31.2 Å². The first-order chi connectivity index (χ1) is 13.8. The topological polar surface area (TPSA) is 123 Å². The Balaban J connectivity index is 1.55. The summed E-state index contributed by atoms with van der Waals surface area (Å²) in [6.07, 6.45) is -3.62. The SMILES string of the molecule is Cc1cc(-c2cc(F)cc(C#N)c2)ccc1O[C@H]1OC2(O)C1C(O)[C@H](O)C2CO. The van der Waals surface area contributed by atoms with Gasteiger partial charge >= 0.3 is 0 Å². The summed E-state index contributed by atoms with van der Waals surface area (Å²) >= 11 is 0. The van der Waals surface area contributed by atoms with Gasteiger partial charge in [0.1, 0.15) is 17.5 Å². The monoisotopic (exact) mass is 401 g/mol. The molecule has 1 aliphatic heterocycles. The fourth-order valence-electron chi connectivity index (χ4n) is 4.14. The Morgan fingerprint density at radius 3 is 2.59 bits per heavy atom. The van der Waals surface area contributed by atoms with E-state index in [0.717, 1.165) is 6.07 Å². The number of nitriles is 1. The molecule has 6 atom stereocenters. The molecule has 7 nitrogen and oxygen atoms in total. The maximum Gasteiger partial charge on any atom is 0.213 e. The summed E-state index contributed by atoms with van der Waals surface area (Å²) in [6, 6.07) is 11.1. The van der Waals surface area contributed by atoms with Gasteiger partial charge in [0.05, 0.1) is 36.4 Å². The molecule has 2 aromatic rings. The molecule has 0 amide bonds. The van der Waals surface area contributed by atoms with Crippen LogP contribution in [0, 0.1) is 35.9 Å². The summed E-state index contributed by atoms with van der Waals surface area (Å²) in [7, 11) is 0. The van der Waals surface area contributed by atoms with Crippen LogP contribution in [0.3, 0.4) is 0 Å². The molecular weight excluding hydrogens is 381 g/mol. The van der Waals surface area contributed by atoms with E-state index < -0.39 is 48.5 Å². The second-order valence-electron chi connectivity index (χ2n) is 7.47. The van der Waals surface area contributed by atoms with Gasteiger partial charge in [-0.25, -0.2) is 4.39 Å². The first kappa shape index (κ1) is 19.8. The second-order valence-corrected chi connectivity index (χ2v) is 7.47. The van der Waals surface area contributed by atoms with E-state index in [4.69, 9.17) is 14.7 Å². The van der Waals surface area contributed by atoms with Crippen molar-refractivity contribution in [1.82, 2.24) is 0 Å². The van der Waals surface area contributed by atoms with E-state index in [0.29, 0.717) is 22.4 Å². The Bertz CT molecular complexity index is 992. The number of aliphatic hydroxyl groups excluding tert-OH is 3. The average Bonchev–Trinajstić information content (AvgIpc) is 2.82. The molecule has 4 N–H and O–H groups in total. The van der Waals surface area contributed by atoms with Gasteiger partial charge in [-0.1, -0.05) is 6.07 Å². The molecule has 2 aromatic carbocycles. The average molecular weight is 401 g/mol. The van der Waals surface area contributed by atoms with Gasteiger partial charge in [-0.05, 0) is 53.9 Å². The third kappa shape index (κ3) is 3.08. The van der Waals surface area contributed by atoms with Gasteiger partial charge in [0.2, 0.25) is 6.29 Å². The van der Waals surface area contributed by atoms with Gasteiger partial charge in [0, 0.05) is 0 Å². The lowest BCUT2D eigenvalue weighted by Gasteiger charge is -2.49. The lowest BCUT2D eigenvalue weighted by molar-refractivity contribution is -0.422. The highest BCUT2D eigenvalue weighted by Crippen LogP contribution is 2.53. The molecule has 4 rings (SSSR count). The Hall–Kier alpha value is -2.54. The molecule has 0 radical (unpaired) electrons. The first-order valence-corrected chi connectivity index (χ1v) is 9.14. The highest BCUT2D eigenvalue weighted by Gasteiger charge is 2.71. The molecule has 1 aliphatic carbocycles. The summed E-state index contributed by atoms with van der Waals surface area (Å²) in [4.78, 5) is 0. The van der Waals surface area contributed by atoms with E-state index in [1.807, 2.05) is 6.07 Å². The molecule has 4 unspecified atom stereocenters. The van der Waals surface area contributed by atoms with Gasteiger partial charge < -0.3 is 29.9 Å². The highest BCUT2D eigenvalue weighted by atomic mass is 19.1. The molecule has 0 aromatic heterocycles. The fraction of sp³-hybridized carbons (Fsp3) is 0.381. The zero-order valence-corrected chi connectivity index (χ0v) is 15.5. The van der Waals surface area contributed by atoms with Crippen LogP contribution < -0.4 is 4.74 Å². The highest BCUT2D eigenvalue weighted by molar-refractivity contribution is 5.67. The normalized spacial score (nSPS) is 32.9. The van der Waals surface area contributed by atoms with Crippen LogP contribution in [0.5, 0.6) is 5.75 Å². The molecule has 152 valence electrons. The number of aryl methyl sites for hydroxylation is 1. The van der Waals surface area contributed by atoms with Crippen LogP contribution in [0.2, 0.25) is 0 Å². The largest absolute Gasteiger partial charge is 0.464 e. The third-order valence-electron chi connectivity index (χ3n) is 5.71. The maximum absolute atomic E-state index is 13.7. The Morgan fingerprint density at radius 2 is 1.93 bits per heavy atom. The minimum atomic E-state index is -1.85. The molecule has 2 fully saturated rings. The van der Waals surface area contributed by atoms with E-state index in [1.165, 1.54) is 6.07 Å². The minimum absolute atomic E-state index is 0.215. The van der Waals surface area contributed by atoms with Gasteiger partial charge in [-0.2, -0.15) is 5.26 Å². The number of fused-ring (bicyclic) bond motifs is 1. The van der Waals surface area contributed by atoms with Crippen LogP contribution in [-0.2, 0) is 4.74 Å². The molecule has 8 heteroatoms. The molecule has 0 spiro atoms. The molecule has 1 heterocycles. The van der Waals surface area contributed by atoms with Gasteiger partial charge in [0.25, 0.3) is 0 Å². The van der Waals surface area contributed by atoms with Crippen LogP contribution >= 0.6 is 0 Å². The number of benzene rings is 2. The van der Waals surface area contributed by atoms with E-state index >= 15 is 0 Å². The zero-order chi connectivity index (χ0) is 20.9. The lowest BCUT2D eigenvalue weighted by Crippen LogP contribution is -2.64. The van der Waals surface area contributed by atoms with E-state index in [-0.39, 0.29) is 5.56 Å². The summed E-state index contributed by atoms with van der Waals surface area (Å²) in [5.41, 5.74) is 2.14. The van der Waals surface area contributed by atoms with Crippen LogP contribution in [0.1, 0.15) is 11.1 Å². The van der Waals surface area contributed by atoms with Crippen molar-refractivity contribution in [3.05, 3.63) is 53.3 Å². The number of nitrogens with zero attached hydrogens (tertiary/aromatic N) is 1. The van der Waals surface area contributed by atoms with Crippen molar-refractivity contribution in [2.45, 2.75) is 31.2 Å². The van der Waals surface area contributed by atoms with Crippen LogP contribution in [0.4, 0.5) is 4.39 Å². The Morgan fingerprint density at radius 1 is 1.17 bits per heavy atom. The summed E-state index contributed by atoms with van der Waals surface area (Å²) in [5, 5.41) is 49.1. The Labute approximate surface area is 166 Å². The van der Waals surface area contributed by atoms with Gasteiger partial charge in [-0.3, -0.25) is 0 Å². The third-order valence-corrected chi connectivity index (χ3v) is 5.71. The zero-order valence-electron chi connectivity index (χ0n) is 15.5. The number of hydrogen-bond acceptors (Lipinski definition) is 7. The standard InChI is InChI=1S/C21H20FNO6/c1-10-4-12(13-5-11(8-23)6-14(22)7-13)2-3-16(10)28-20-17-19(26)18(25)15(9-24)21(17,27)29-20/h2-7,15,17-20,24-27H,9H2,1H3/t15?,17?,18-,19?,20+,21?/m1/s1. The fourth-order valence-corrected chi connectivity index (χ4v) is 4.14. The molecule has 1 saturated heterocycles. The van der Waals surface area contributed by atoms with E-state index in [9.17, 15) is 24.8 Å². The predicted molar refractivity (Wildman–Crippen MR) is 97.8 cm³/mol. The van der Waals surface area contributed by atoms with Crippen molar-refractivity contribution in [3.63, 3.8) is 0 Å². The number of halogens is 1. The van der Waals surface area contributed by atoms with Crippen LogP contribution in [0.15, 0.2) is 36.4 Å². The van der Waals surface area contributed by atoms with Crippen molar-refractivity contribution in [3.8, 4) is 22.9 Å².